The summed E-state index contributed by atoms with van der Waals surface area (Å²) in [4.78, 5) is 40.7. The molecule has 5 nitrogen and oxygen atoms in total. The highest BCUT2D eigenvalue weighted by molar-refractivity contribution is 7.51. The third-order valence-electron chi connectivity index (χ3n) is 1.24. The summed E-state index contributed by atoms with van der Waals surface area (Å²) in [6, 6.07) is 0. The average Bonchev–Trinajstić information content (AvgIpc) is 2.13. The van der Waals surface area contributed by atoms with Crippen LogP contribution in [-0.4, -0.2) is 23.9 Å². The van der Waals surface area contributed by atoms with E-state index in [1.54, 1.807) is 20.8 Å². The third-order valence-corrected chi connectivity index (χ3v) is 2.36. The van der Waals surface area contributed by atoms with E-state index >= 15 is 0 Å². The third kappa shape index (κ3) is 5.67. The summed E-state index contributed by atoms with van der Waals surface area (Å²) in [6.07, 6.45) is 0.350. The number of carbonyl (C=O) groups excluding carboxylic acids is 2. The van der Waals surface area contributed by atoms with Gasteiger partial charge in [0.1, 0.15) is 0 Å². The molecule has 0 aromatic carbocycles. The van der Waals surface area contributed by atoms with Crippen LogP contribution in [-0.2, 0) is 19.4 Å². The van der Waals surface area contributed by atoms with Crippen LogP contribution in [0.25, 0.3) is 0 Å². The molecule has 0 radical (unpaired) electrons. The molecule has 1 atom stereocenters. The molecule has 0 aromatic heterocycles. The monoisotopic (exact) mass is 220 g/mol. The molecule has 0 saturated heterocycles. The Bertz CT molecular complexity index is 246. The van der Waals surface area contributed by atoms with Crippen molar-refractivity contribution in [3.63, 3.8) is 0 Å². The predicted octanol–water partition coefficient (Wildman–Crippen LogP) is 0.223. The van der Waals surface area contributed by atoms with Crippen molar-refractivity contribution in [1.29, 1.82) is 0 Å². The molecular weight excluding hydrogens is 207 g/mol. The molecule has 0 bridgehead atoms. The Hall–Kier alpha value is -0.930. The lowest BCUT2D eigenvalue weighted by Crippen LogP contribution is -2.16. The zero-order chi connectivity index (χ0) is 11.1. The van der Waals surface area contributed by atoms with Crippen LogP contribution >= 0.6 is 7.77 Å². The van der Waals surface area contributed by atoms with Crippen molar-refractivity contribution in [2.24, 2.45) is 5.92 Å². The van der Waals surface area contributed by atoms with Gasteiger partial charge in [0, 0.05) is 0 Å². The van der Waals surface area contributed by atoms with Crippen molar-refractivity contribution in [2.45, 2.75) is 20.8 Å². The van der Waals surface area contributed by atoms with Gasteiger partial charge in [-0.1, -0.05) is 13.8 Å². The van der Waals surface area contributed by atoms with Gasteiger partial charge in [0.2, 0.25) is 0 Å². The van der Waals surface area contributed by atoms with E-state index in [2.05, 4.69) is 9.78 Å². The highest BCUT2D eigenvalue weighted by atomic mass is 31.1. The standard InChI is InChI=1S/C8H13O5P/c1-4-14(11)5-7(9)12-13-8(10)6(2)3/h5-6H,4H2,1-3H3. The maximum atomic E-state index is 10.9. The molecular formula is C8H13O5P. The molecule has 0 spiro atoms. The Morgan fingerprint density at radius 1 is 1.43 bits per heavy atom. The first-order valence-corrected chi connectivity index (χ1v) is 5.69. The summed E-state index contributed by atoms with van der Waals surface area (Å²) in [5.74, 6) is -1.02. The van der Waals surface area contributed by atoms with E-state index in [9.17, 15) is 14.5 Å². The lowest BCUT2D eigenvalue weighted by Gasteiger charge is -2.02. The van der Waals surface area contributed by atoms with Crippen LogP contribution in [0.1, 0.15) is 20.8 Å². The average molecular weight is 220 g/mol. The zero-order valence-corrected chi connectivity index (χ0v) is 9.24. The van der Waals surface area contributed by atoms with Gasteiger partial charge in [0.25, 0.3) is 0 Å². The van der Waals surface area contributed by atoms with Crippen LogP contribution in [0, 0.1) is 5.92 Å². The van der Waals surface area contributed by atoms with Gasteiger partial charge in [-0.15, -0.1) is 0 Å². The molecule has 0 rings (SSSR count). The van der Waals surface area contributed by atoms with E-state index in [4.69, 9.17) is 0 Å². The van der Waals surface area contributed by atoms with E-state index in [1.165, 1.54) is 0 Å². The number of hydrogen-bond acceptors (Lipinski definition) is 5. The molecule has 0 N–H and O–H groups in total. The Kier molecular flexibility index (Phi) is 6.08. The second-order valence-electron chi connectivity index (χ2n) is 2.82. The van der Waals surface area contributed by atoms with Crippen molar-refractivity contribution >= 4 is 25.5 Å². The molecule has 1 unspecified atom stereocenters. The fourth-order valence-electron chi connectivity index (χ4n) is 0.409. The van der Waals surface area contributed by atoms with Crippen LogP contribution in [0.3, 0.4) is 0 Å². The molecule has 6 heteroatoms. The van der Waals surface area contributed by atoms with Crippen LogP contribution in [0.15, 0.2) is 0 Å². The minimum Gasteiger partial charge on any atom is -0.630 e. The molecule has 0 heterocycles. The minimum atomic E-state index is -1.70. The van der Waals surface area contributed by atoms with E-state index in [0.717, 1.165) is 5.80 Å². The van der Waals surface area contributed by atoms with Gasteiger partial charge in [-0.2, -0.15) is 0 Å². The lowest BCUT2D eigenvalue weighted by molar-refractivity contribution is -0.255. The molecule has 0 aliphatic heterocycles. The van der Waals surface area contributed by atoms with Gasteiger partial charge in [0.15, 0.2) is 5.80 Å². The summed E-state index contributed by atoms with van der Waals surface area (Å²) < 4.78 is 0. The van der Waals surface area contributed by atoms with Gasteiger partial charge in [-0.25, -0.2) is 19.4 Å². The summed E-state index contributed by atoms with van der Waals surface area (Å²) >= 11 is 0. The Morgan fingerprint density at radius 2 is 2.00 bits per heavy atom. The van der Waals surface area contributed by atoms with E-state index in [0.29, 0.717) is 6.16 Å². The second kappa shape index (κ2) is 6.51. The first kappa shape index (κ1) is 13.1. The van der Waals surface area contributed by atoms with E-state index in [-0.39, 0.29) is 5.92 Å². The number of carbonyl (C=O) groups is 2. The highest BCUT2D eigenvalue weighted by Gasteiger charge is 2.13. The van der Waals surface area contributed by atoms with E-state index in [1.807, 2.05) is 0 Å². The molecule has 0 aliphatic rings. The quantitative estimate of drug-likeness (QED) is 0.386. The topological polar surface area (TPSA) is 75.7 Å². The van der Waals surface area contributed by atoms with Crippen LogP contribution in [0.5, 0.6) is 0 Å². The summed E-state index contributed by atoms with van der Waals surface area (Å²) in [5.41, 5.74) is 0. The Morgan fingerprint density at radius 3 is 2.43 bits per heavy atom. The van der Waals surface area contributed by atoms with Gasteiger partial charge >= 0.3 is 11.9 Å². The minimum absolute atomic E-state index is 0.350. The molecule has 14 heavy (non-hydrogen) atoms. The van der Waals surface area contributed by atoms with E-state index < -0.39 is 19.7 Å². The second-order valence-corrected chi connectivity index (χ2v) is 4.55. The SMILES string of the molecule is CC/[P+]([O-])=C/C(=O)OOC(=O)C(C)C. The number of rotatable bonds is 3. The van der Waals surface area contributed by atoms with Crippen LogP contribution < -0.4 is 4.89 Å². The Balaban J connectivity index is 3.92. The van der Waals surface area contributed by atoms with Crippen LogP contribution in [0.2, 0.25) is 0 Å². The normalized spacial score (nSPS) is 11.4. The molecule has 0 aromatic rings. The molecule has 0 amide bonds. The maximum absolute atomic E-state index is 10.9. The fraction of sp³-hybridized carbons (Fsp3) is 0.625. The van der Waals surface area contributed by atoms with Gasteiger partial charge < -0.3 is 4.89 Å². The molecule has 80 valence electrons. The van der Waals surface area contributed by atoms with Gasteiger partial charge in [-0.3, -0.25) is 0 Å². The molecule has 0 saturated carbocycles. The number of hydrogen-bond donors (Lipinski definition) is 0. The van der Waals surface area contributed by atoms with Crippen LogP contribution in [0.4, 0.5) is 0 Å². The smallest absolute Gasteiger partial charge is 0.420 e. The van der Waals surface area contributed by atoms with Crippen molar-refractivity contribution in [1.82, 2.24) is 0 Å². The summed E-state index contributed by atoms with van der Waals surface area (Å²) in [7, 11) is -1.70. The lowest BCUT2D eigenvalue weighted by atomic mass is 10.2. The first-order chi connectivity index (χ1) is 6.47. The molecule has 0 fully saturated rings. The maximum Gasteiger partial charge on any atom is 0.420 e. The van der Waals surface area contributed by atoms with Gasteiger partial charge in [0.05, 0.1) is 19.9 Å². The van der Waals surface area contributed by atoms with Crippen molar-refractivity contribution in [2.75, 3.05) is 6.16 Å². The van der Waals surface area contributed by atoms with Crippen molar-refractivity contribution in [3.8, 4) is 0 Å². The van der Waals surface area contributed by atoms with Crippen molar-refractivity contribution in [3.05, 3.63) is 0 Å². The Labute approximate surface area is 83.4 Å². The van der Waals surface area contributed by atoms with Crippen molar-refractivity contribution < 1.29 is 24.3 Å². The van der Waals surface area contributed by atoms with Gasteiger partial charge in [-0.05, 0) is 6.92 Å². The predicted molar refractivity (Wildman–Crippen MR) is 50.5 cm³/mol. The first-order valence-electron chi connectivity index (χ1n) is 4.18. The summed E-state index contributed by atoms with van der Waals surface area (Å²) in [5, 5.41) is 0. The summed E-state index contributed by atoms with van der Waals surface area (Å²) in [6.45, 7) is 4.88. The molecule has 0 aliphatic carbocycles. The highest BCUT2D eigenvalue weighted by Crippen LogP contribution is 2.06. The largest absolute Gasteiger partial charge is 0.630 e. The fourth-order valence-corrected chi connectivity index (χ4v) is 0.869. The zero-order valence-electron chi connectivity index (χ0n) is 8.35.